The van der Waals surface area contributed by atoms with E-state index in [0.29, 0.717) is 19.1 Å². The molecule has 1 unspecified atom stereocenters. The SMILES string of the molecule is OCc1cc(F)c(N2CCN3CCCCC3C2)c(F)c1. The number of hydrogen-bond donors (Lipinski definition) is 1. The first kappa shape index (κ1) is 13.8. The van der Waals surface area contributed by atoms with Gasteiger partial charge in [0.2, 0.25) is 0 Å². The van der Waals surface area contributed by atoms with Crippen LogP contribution in [0.5, 0.6) is 0 Å². The fourth-order valence-corrected chi connectivity index (χ4v) is 3.37. The van der Waals surface area contributed by atoms with E-state index in [9.17, 15) is 8.78 Å². The Labute approximate surface area is 117 Å². The van der Waals surface area contributed by atoms with Crippen LogP contribution in [0.1, 0.15) is 24.8 Å². The van der Waals surface area contributed by atoms with E-state index in [1.54, 1.807) is 0 Å². The summed E-state index contributed by atoms with van der Waals surface area (Å²) in [6.07, 6.45) is 3.53. The molecule has 0 amide bonds. The van der Waals surface area contributed by atoms with E-state index in [0.717, 1.165) is 19.5 Å². The molecule has 110 valence electrons. The first-order valence-electron chi connectivity index (χ1n) is 7.27. The fourth-order valence-electron chi connectivity index (χ4n) is 3.37. The molecule has 1 atom stereocenters. The van der Waals surface area contributed by atoms with Gasteiger partial charge < -0.3 is 10.0 Å². The van der Waals surface area contributed by atoms with Crippen molar-refractivity contribution in [3.63, 3.8) is 0 Å². The van der Waals surface area contributed by atoms with Gasteiger partial charge in [0.25, 0.3) is 0 Å². The zero-order valence-electron chi connectivity index (χ0n) is 11.5. The highest BCUT2D eigenvalue weighted by molar-refractivity contribution is 5.51. The van der Waals surface area contributed by atoms with Crippen molar-refractivity contribution in [3.05, 3.63) is 29.3 Å². The van der Waals surface area contributed by atoms with Crippen LogP contribution in [-0.4, -0.2) is 42.2 Å². The van der Waals surface area contributed by atoms with Crippen molar-refractivity contribution in [1.82, 2.24) is 4.90 Å². The summed E-state index contributed by atoms with van der Waals surface area (Å²) in [7, 11) is 0. The van der Waals surface area contributed by atoms with E-state index in [2.05, 4.69) is 4.90 Å². The molecule has 2 aliphatic heterocycles. The summed E-state index contributed by atoms with van der Waals surface area (Å²) < 4.78 is 28.2. The quantitative estimate of drug-likeness (QED) is 0.900. The van der Waals surface area contributed by atoms with E-state index in [4.69, 9.17) is 5.11 Å². The minimum Gasteiger partial charge on any atom is -0.392 e. The zero-order chi connectivity index (χ0) is 14.1. The van der Waals surface area contributed by atoms with Crippen LogP contribution in [-0.2, 0) is 6.61 Å². The average Bonchev–Trinajstić information content (AvgIpc) is 2.46. The Kier molecular flexibility index (Phi) is 3.89. The first-order valence-corrected chi connectivity index (χ1v) is 7.27. The predicted molar refractivity (Wildman–Crippen MR) is 73.7 cm³/mol. The van der Waals surface area contributed by atoms with Crippen molar-refractivity contribution in [2.45, 2.75) is 31.9 Å². The lowest BCUT2D eigenvalue weighted by Gasteiger charge is -2.45. The summed E-state index contributed by atoms with van der Waals surface area (Å²) in [5.41, 5.74) is 0.340. The van der Waals surface area contributed by atoms with Gasteiger partial charge in [-0.1, -0.05) is 6.42 Å². The minimum absolute atomic E-state index is 0.0624. The van der Waals surface area contributed by atoms with Gasteiger partial charge >= 0.3 is 0 Å². The van der Waals surface area contributed by atoms with Crippen LogP contribution in [0.25, 0.3) is 0 Å². The second kappa shape index (κ2) is 5.66. The predicted octanol–water partition coefficient (Wildman–Crippen LogP) is 2.13. The highest BCUT2D eigenvalue weighted by atomic mass is 19.1. The van der Waals surface area contributed by atoms with Crippen LogP contribution in [0.2, 0.25) is 0 Å². The molecule has 0 bridgehead atoms. The third-order valence-corrected chi connectivity index (χ3v) is 4.41. The van der Waals surface area contributed by atoms with Gasteiger partial charge in [-0.25, -0.2) is 8.78 Å². The Hall–Kier alpha value is -1.20. The Morgan fingerprint density at radius 1 is 1.10 bits per heavy atom. The molecule has 1 N–H and O–H groups in total. The maximum atomic E-state index is 14.1. The maximum Gasteiger partial charge on any atom is 0.149 e. The first-order chi connectivity index (χ1) is 9.69. The number of anilines is 1. The average molecular weight is 282 g/mol. The number of rotatable bonds is 2. The van der Waals surface area contributed by atoms with Crippen molar-refractivity contribution in [2.24, 2.45) is 0 Å². The molecule has 5 heteroatoms. The second-order valence-corrected chi connectivity index (χ2v) is 5.70. The topological polar surface area (TPSA) is 26.7 Å². The molecular formula is C15H20F2N2O. The number of aliphatic hydroxyl groups excluding tert-OH is 1. The van der Waals surface area contributed by atoms with Crippen LogP contribution in [0, 0.1) is 11.6 Å². The number of piperidine rings is 1. The Bertz CT molecular complexity index is 472. The lowest BCUT2D eigenvalue weighted by atomic mass is 9.99. The summed E-state index contributed by atoms with van der Waals surface area (Å²) in [6, 6.07) is 2.87. The largest absolute Gasteiger partial charge is 0.392 e. The molecule has 3 nitrogen and oxygen atoms in total. The molecule has 0 aliphatic carbocycles. The standard InChI is InChI=1S/C15H20F2N2O/c16-13-7-11(10-20)8-14(17)15(13)19-6-5-18-4-2-1-3-12(18)9-19/h7-8,12,20H,1-6,9-10H2. The number of piperazine rings is 1. The van der Waals surface area contributed by atoms with E-state index >= 15 is 0 Å². The zero-order valence-corrected chi connectivity index (χ0v) is 11.5. The fraction of sp³-hybridized carbons (Fsp3) is 0.600. The van der Waals surface area contributed by atoms with Crippen LogP contribution >= 0.6 is 0 Å². The number of nitrogens with zero attached hydrogens (tertiary/aromatic N) is 2. The molecule has 1 aromatic rings. The van der Waals surface area contributed by atoms with Gasteiger partial charge in [-0.2, -0.15) is 0 Å². The monoisotopic (exact) mass is 282 g/mol. The lowest BCUT2D eigenvalue weighted by molar-refractivity contribution is 0.133. The summed E-state index contributed by atoms with van der Waals surface area (Å²) in [5, 5.41) is 8.99. The Morgan fingerprint density at radius 3 is 2.55 bits per heavy atom. The maximum absolute atomic E-state index is 14.1. The second-order valence-electron chi connectivity index (χ2n) is 5.70. The minimum atomic E-state index is -0.571. The van der Waals surface area contributed by atoms with E-state index in [1.807, 2.05) is 4.90 Å². The van der Waals surface area contributed by atoms with Gasteiger partial charge in [0.05, 0.1) is 6.61 Å². The van der Waals surface area contributed by atoms with Gasteiger partial charge in [-0.3, -0.25) is 4.90 Å². The molecule has 2 aliphatic rings. The molecule has 0 spiro atoms. The number of benzene rings is 1. The normalized spacial score (nSPS) is 23.8. The Balaban J connectivity index is 1.83. The summed E-state index contributed by atoms with van der Waals surface area (Å²) in [5.74, 6) is -1.14. The molecular weight excluding hydrogens is 262 g/mol. The number of fused-ring (bicyclic) bond motifs is 1. The summed E-state index contributed by atoms with van der Waals surface area (Å²) >= 11 is 0. The van der Waals surface area contributed by atoms with E-state index in [1.165, 1.54) is 25.0 Å². The van der Waals surface area contributed by atoms with Crippen LogP contribution in [0.4, 0.5) is 14.5 Å². The number of hydrogen-bond acceptors (Lipinski definition) is 3. The third-order valence-electron chi connectivity index (χ3n) is 4.41. The van der Waals surface area contributed by atoms with Crippen LogP contribution in [0.3, 0.4) is 0 Å². The molecule has 20 heavy (non-hydrogen) atoms. The van der Waals surface area contributed by atoms with Gasteiger partial charge in [0.15, 0.2) is 0 Å². The van der Waals surface area contributed by atoms with Crippen molar-refractivity contribution >= 4 is 5.69 Å². The Morgan fingerprint density at radius 2 is 1.85 bits per heavy atom. The molecule has 3 rings (SSSR count). The molecule has 1 aromatic carbocycles. The third kappa shape index (κ3) is 2.52. The molecule has 0 aromatic heterocycles. The van der Waals surface area contributed by atoms with Crippen LogP contribution < -0.4 is 4.90 Å². The van der Waals surface area contributed by atoms with Gasteiger partial charge in [-0.15, -0.1) is 0 Å². The molecule has 0 saturated carbocycles. The summed E-state index contributed by atoms with van der Waals surface area (Å²) in [4.78, 5) is 4.25. The van der Waals surface area contributed by atoms with Crippen molar-refractivity contribution < 1.29 is 13.9 Å². The van der Waals surface area contributed by atoms with Gasteiger partial charge in [-0.05, 0) is 37.1 Å². The molecule has 2 saturated heterocycles. The van der Waals surface area contributed by atoms with Crippen molar-refractivity contribution in [3.8, 4) is 0 Å². The summed E-state index contributed by atoms with van der Waals surface area (Å²) in [6.45, 7) is 2.97. The number of aliphatic hydroxyl groups is 1. The highest BCUT2D eigenvalue weighted by Gasteiger charge is 2.31. The van der Waals surface area contributed by atoms with E-state index in [-0.39, 0.29) is 17.9 Å². The van der Waals surface area contributed by atoms with Gasteiger partial charge in [0.1, 0.15) is 17.3 Å². The smallest absolute Gasteiger partial charge is 0.149 e. The van der Waals surface area contributed by atoms with Crippen molar-refractivity contribution in [1.29, 1.82) is 0 Å². The molecule has 2 fully saturated rings. The number of halogens is 2. The van der Waals surface area contributed by atoms with E-state index < -0.39 is 11.6 Å². The van der Waals surface area contributed by atoms with Gasteiger partial charge in [0, 0.05) is 25.7 Å². The highest BCUT2D eigenvalue weighted by Crippen LogP contribution is 2.29. The van der Waals surface area contributed by atoms with Crippen molar-refractivity contribution in [2.75, 3.05) is 31.1 Å². The molecule has 0 radical (unpaired) electrons. The lowest BCUT2D eigenvalue weighted by Crippen LogP contribution is -2.55. The van der Waals surface area contributed by atoms with Crippen LogP contribution in [0.15, 0.2) is 12.1 Å². The molecule has 2 heterocycles.